The van der Waals surface area contributed by atoms with Crippen LogP contribution in [-0.4, -0.2) is 55.5 Å². The molecule has 0 aromatic heterocycles. The fraction of sp³-hybridized carbons (Fsp3) is 0.321. The highest BCUT2D eigenvalue weighted by Crippen LogP contribution is 2.25. The minimum Gasteiger partial charge on any atom is -0.497 e. The molecule has 1 saturated heterocycles. The molecule has 178 valence electrons. The van der Waals surface area contributed by atoms with Crippen molar-refractivity contribution < 1.29 is 14.3 Å². The van der Waals surface area contributed by atoms with Crippen LogP contribution in [0.25, 0.3) is 0 Å². The van der Waals surface area contributed by atoms with Crippen LogP contribution in [0.5, 0.6) is 5.75 Å². The normalized spacial score (nSPS) is 15.2. The Balaban J connectivity index is 1.40. The number of halogens is 1. The van der Waals surface area contributed by atoms with Crippen LogP contribution >= 0.6 is 11.6 Å². The van der Waals surface area contributed by atoms with Gasteiger partial charge in [-0.05, 0) is 48.4 Å². The van der Waals surface area contributed by atoms with Gasteiger partial charge in [-0.1, -0.05) is 59.6 Å². The van der Waals surface area contributed by atoms with Crippen molar-refractivity contribution in [3.05, 3.63) is 100 Å². The second-order valence-corrected chi connectivity index (χ2v) is 9.10. The van der Waals surface area contributed by atoms with Crippen LogP contribution in [0.15, 0.2) is 72.8 Å². The summed E-state index contributed by atoms with van der Waals surface area (Å²) in [5.41, 5.74) is 4.11. The van der Waals surface area contributed by atoms with Crippen LogP contribution in [0, 0.1) is 6.92 Å². The summed E-state index contributed by atoms with van der Waals surface area (Å²) in [7, 11) is 1.68. The molecule has 1 fully saturated rings. The van der Waals surface area contributed by atoms with E-state index < -0.39 is 0 Å². The van der Waals surface area contributed by atoms with Crippen LogP contribution in [0.3, 0.4) is 0 Å². The molecule has 1 unspecified atom stereocenters. The SMILES string of the molecule is COc1cccc(C(CN2CCN(C(=O)c3cccc(Cl)c3)CC2)OCc2ccc(C)cc2)c1. The Morgan fingerprint density at radius 2 is 1.71 bits per heavy atom. The number of hydrogen-bond donors (Lipinski definition) is 0. The Kier molecular flexibility index (Phi) is 8.22. The number of hydrogen-bond acceptors (Lipinski definition) is 4. The minimum atomic E-state index is -0.105. The van der Waals surface area contributed by atoms with Gasteiger partial charge in [0.1, 0.15) is 5.75 Å². The third kappa shape index (κ3) is 6.38. The van der Waals surface area contributed by atoms with Gasteiger partial charge in [0, 0.05) is 43.3 Å². The van der Waals surface area contributed by atoms with E-state index in [1.807, 2.05) is 35.2 Å². The van der Waals surface area contributed by atoms with Crippen LogP contribution in [0.1, 0.15) is 33.2 Å². The largest absolute Gasteiger partial charge is 0.497 e. The predicted molar refractivity (Wildman–Crippen MR) is 135 cm³/mol. The van der Waals surface area contributed by atoms with Gasteiger partial charge in [-0.25, -0.2) is 0 Å². The van der Waals surface area contributed by atoms with Gasteiger partial charge < -0.3 is 14.4 Å². The fourth-order valence-corrected chi connectivity index (χ4v) is 4.34. The number of piperazine rings is 1. The number of carbonyl (C=O) groups excluding carboxylic acids is 1. The summed E-state index contributed by atoms with van der Waals surface area (Å²) in [5, 5.41) is 0.580. The second kappa shape index (κ2) is 11.5. The summed E-state index contributed by atoms with van der Waals surface area (Å²) in [6, 6.07) is 23.6. The molecular formula is C28H31ClN2O3. The van der Waals surface area contributed by atoms with Crippen molar-refractivity contribution in [3.8, 4) is 5.75 Å². The average molecular weight is 479 g/mol. The molecule has 1 atom stereocenters. The van der Waals surface area contributed by atoms with Crippen molar-refractivity contribution >= 4 is 17.5 Å². The van der Waals surface area contributed by atoms with Crippen LogP contribution < -0.4 is 4.74 Å². The van der Waals surface area contributed by atoms with Gasteiger partial charge >= 0.3 is 0 Å². The molecule has 1 aliphatic heterocycles. The lowest BCUT2D eigenvalue weighted by Crippen LogP contribution is -2.49. The Bertz CT molecular complexity index is 1090. The molecule has 0 N–H and O–H groups in total. The molecule has 0 aliphatic carbocycles. The van der Waals surface area contributed by atoms with E-state index in [0.29, 0.717) is 30.3 Å². The number of amides is 1. The van der Waals surface area contributed by atoms with E-state index in [2.05, 4.69) is 42.2 Å². The summed E-state index contributed by atoms with van der Waals surface area (Å²) in [5.74, 6) is 0.848. The topological polar surface area (TPSA) is 42.0 Å². The molecule has 0 radical (unpaired) electrons. The van der Waals surface area contributed by atoms with Crippen molar-refractivity contribution in [1.82, 2.24) is 9.80 Å². The smallest absolute Gasteiger partial charge is 0.253 e. The maximum atomic E-state index is 12.9. The molecule has 3 aromatic rings. The third-order valence-corrected chi connectivity index (χ3v) is 6.43. The predicted octanol–water partition coefficient (Wildman–Crippen LogP) is 5.37. The van der Waals surface area contributed by atoms with Crippen molar-refractivity contribution in [1.29, 1.82) is 0 Å². The third-order valence-electron chi connectivity index (χ3n) is 6.19. The molecule has 34 heavy (non-hydrogen) atoms. The lowest BCUT2D eigenvalue weighted by atomic mass is 10.1. The average Bonchev–Trinajstić information content (AvgIpc) is 2.87. The van der Waals surface area contributed by atoms with E-state index in [1.54, 1.807) is 19.2 Å². The lowest BCUT2D eigenvalue weighted by molar-refractivity contribution is 0.00333. The van der Waals surface area contributed by atoms with E-state index in [0.717, 1.165) is 36.5 Å². The van der Waals surface area contributed by atoms with E-state index in [-0.39, 0.29) is 12.0 Å². The maximum Gasteiger partial charge on any atom is 0.253 e. The number of carbonyl (C=O) groups is 1. The molecule has 4 rings (SSSR count). The highest BCUT2D eigenvalue weighted by molar-refractivity contribution is 6.30. The molecule has 1 aliphatic rings. The van der Waals surface area contributed by atoms with E-state index in [9.17, 15) is 4.79 Å². The van der Waals surface area contributed by atoms with Crippen LogP contribution in [0.2, 0.25) is 5.02 Å². The van der Waals surface area contributed by atoms with Crippen molar-refractivity contribution in [2.24, 2.45) is 0 Å². The summed E-state index contributed by atoms with van der Waals surface area (Å²) in [6.07, 6.45) is -0.105. The molecule has 0 bridgehead atoms. The quantitative estimate of drug-likeness (QED) is 0.436. The zero-order valence-corrected chi connectivity index (χ0v) is 20.5. The minimum absolute atomic E-state index is 0.0297. The first-order chi connectivity index (χ1) is 16.5. The molecule has 5 nitrogen and oxygen atoms in total. The molecule has 3 aromatic carbocycles. The number of rotatable bonds is 8. The Morgan fingerprint density at radius 1 is 0.971 bits per heavy atom. The van der Waals surface area contributed by atoms with Crippen molar-refractivity contribution in [3.63, 3.8) is 0 Å². The van der Waals surface area contributed by atoms with E-state index in [4.69, 9.17) is 21.1 Å². The maximum absolute atomic E-state index is 12.9. The lowest BCUT2D eigenvalue weighted by Gasteiger charge is -2.36. The summed E-state index contributed by atoms with van der Waals surface area (Å²) in [4.78, 5) is 17.1. The molecule has 1 heterocycles. The number of aryl methyl sites for hydroxylation is 1. The van der Waals surface area contributed by atoms with Gasteiger partial charge in [0.25, 0.3) is 5.91 Å². The highest BCUT2D eigenvalue weighted by atomic mass is 35.5. The van der Waals surface area contributed by atoms with Gasteiger partial charge in [-0.3, -0.25) is 9.69 Å². The van der Waals surface area contributed by atoms with Gasteiger partial charge in [0.2, 0.25) is 0 Å². The Morgan fingerprint density at radius 3 is 2.41 bits per heavy atom. The summed E-state index contributed by atoms with van der Waals surface area (Å²) in [6.45, 7) is 6.30. The number of nitrogens with zero attached hydrogens (tertiary/aromatic N) is 2. The first-order valence-electron chi connectivity index (χ1n) is 11.6. The fourth-order valence-electron chi connectivity index (χ4n) is 4.15. The van der Waals surface area contributed by atoms with Gasteiger partial charge in [0.05, 0.1) is 19.8 Å². The monoisotopic (exact) mass is 478 g/mol. The first kappa shape index (κ1) is 24.3. The highest BCUT2D eigenvalue weighted by Gasteiger charge is 2.25. The van der Waals surface area contributed by atoms with E-state index >= 15 is 0 Å². The number of benzene rings is 3. The van der Waals surface area contributed by atoms with Gasteiger partial charge in [0.15, 0.2) is 0 Å². The summed E-state index contributed by atoms with van der Waals surface area (Å²) < 4.78 is 11.9. The molecule has 0 spiro atoms. The molecule has 1 amide bonds. The Labute approximate surface area is 206 Å². The van der Waals surface area contributed by atoms with Gasteiger partial charge in [-0.15, -0.1) is 0 Å². The van der Waals surface area contributed by atoms with Crippen LogP contribution in [-0.2, 0) is 11.3 Å². The summed E-state index contributed by atoms with van der Waals surface area (Å²) >= 11 is 6.07. The second-order valence-electron chi connectivity index (χ2n) is 8.67. The molecular weight excluding hydrogens is 448 g/mol. The zero-order valence-electron chi connectivity index (χ0n) is 19.7. The molecule has 6 heteroatoms. The first-order valence-corrected chi connectivity index (χ1v) is 12.0. The van der Waals surface area contributed by atoms with Gasteiger partial charge in [-0.2, -0.15) is 0 Å². The molecule has 0 saturated carbocycles. The number of methoxy groups -OCH3 is 1. The van der Waals surface area contributed by atoms with E-state index in [1.165, 1.54) is 5.56 Å². The number of ether oxygens (including phenoxy) is 2. The Hall–Kier alpha value is -2.86. The zero-order chi connectivity index (χ0) is 23.9. The van der Waals surface area contributed by atoms with Crippen molar-refractivity contribution in [2.45, 2.75) is 19.6 Å². The standard InChI is InChI=1S/C28H31ClN2O3/c1-21-9-11-22(12-10-21)20-34-27(23-5-4-8-26(18-23)33-2)19-30-13-15-31(16-14-30)28(32)24-6-3-7-25(29)17-24/h3-12,17-18,27H,13-16,19-20H2,1-2H3. The van der Waals surface area contributed by atoms with Crippen molar-refractivity contribution in [2.75, 3.05) is 39.8 Å². The van der Waals surface area contributed by atoms with Crippen LogP contribution in [0.4, 0.5) is 0 Å².